The molecule has 0 bridgehead atoms. The largest absolute Gasteiger partial charge is 0.479 e. The Kier molecular flexibility index (Phi) is 3.63. The van der Waals surface area contributed by atoms with Gasteiger partial charge < -0.3 is 14.7 Å². The van der Waals surface area contributed by atoms with Crippen molar-refractivity contribution in [3.05, 3.63) is 35.6 Å². The van der Waals surface area contributed by atoms with Crippen LogP contribution >= 0.6 is 0 Å². The molecular formula is C15H16FNO4. The number of aliphatic carboxylic acids is 1. The summed E-state index contributed by atoms with van der Waals surface area (Å²) in [4.78, 5) is 24.9. The summed E-state index contributed by atoms with van der Waals surface area (Å²) in [7, 11) is 0. The zero-order valence-electron chi connectivity index (χ0n) is 11.4. The molecule has 0 aromatic heterocycles. The highest BCUT2D eigenvalue weighted by Gasteiger charge is 2.46. The summed E-state index contributed by atoms with van der Waals surface area (Å²) in [5.41, 5.74) is 0.830. The lowest BCUT2D eigenvalue weighted by atomic mass is 10.1. The number of amides is 1. The summed E-state index contributed by atoms with van der Waals surface area (Å²) < 4.78 is 18.3. The van der Waals surface area contributed by atoms with Gasteiger partial charge in [-0.2, -0.15) is 0 Å². The molecule has 1 amide bonds. The first-order valence-corrected chi connectivity index (χ1v) is 6.95. The van der Waals surface area contributed by atoms with Gasteiger partial charge in [-0.3, -0.25) is 4.79 Å². The number of carbonyl (C=O) groups is 2. The predicted octanol–water partition coefficient (Wildman–Crippen LogP) is 1.24. The maximum Gasteiger partial charge on any atom is 0.334 e. The molecule has 1 N–H and O–H groups in total. The number of rotatable bonds is 3. The molecule has 0 radical (unpaired) electrons. The number of carbonyl (C=O) groups excluding carboxylic acids is 1. The number of hydrogen-bond acceptors (Lipinski definition) is 3. The number of halogens is 1. The van der Waals surface area contributed by atoms with Gasteiger partial charge in [-0.1, -0.05) is 12.1 Å². The molecule has 6 heteroatoms. The van der Waals surface area contributed by atoms with E-state index in [0.29, 0.717) is 13.0 Å². The quantitative estimate of drug-likeness (QED) is 0.910. The number of hydrogen-bond donors (Lipinski definition) is 1. The topological polar surface area (TPSA) is 66.8 Å². The van der Waals surface area contributed by atoms with Crippen LogP contribution in [0.3, 0.4) is 0 Å². The van der Waals surface area contributed by atoms with E-state index in [1.54, 1.807) is 11.0 Å². The van der Waals surface area contributed by atoms with Crippen LogP contribution in [0.25, 0.3) is 0 Å². The Morgan fingerprint density at radius 3 is 2.90 bits per heavy atom. The normalized spacial score (nSPS) is 28.2. The zero-order chi connectivity index (χ0) is 15.0. The van der Waals surface area contributed by atoms with Gasteiger partial charge in [0, 0.05) is 12.5 Å². The monoisotopic (exact) mass is 293 g/mol. The van der Waals surface area contributed by atoms with Gasteiger partial charge in [0.25, 0.3) is 0 Å². The highest BCUT2D eigenvalue weighted by molar-refractivity contribution is 5.84. The Hall–Kier alpha value is -1.95. The number of nitrogens with zero attached hydrogens (tertiary/aromatic N) is 1. The lowest BCUT2D eigenvalue weighted by molar-refractivity contribution is -0.159. The molecule has 1 aliphatic carbocycles. The number of carboxylic acids is 1. The van der Waals surface area contributed by atoms with Gasteiger partial charge in [0.15, 0.2) is 6.10 Å². The van der Waals surface area contributed by atoms with E-state index < -0.39 is 12.1 Å². The summed E-state index contributed by atoms with van der Waals surface area (Å²) >= 11 is 0. The van der Waals surface area contributed by atoms with E-state index in [9.17, 15) is 14.0 Å². The van der Waals surface area contributed by atoms with E-state index in [4.69, 9.17) is 9.84 Å². The van der Waals surface area contributed by atoms with Crippen molar-refractivity contribution in [3.63, 3.8) is 0 Å². The highest BCUT2D eigenvalue weighted by atomic mass is 19.1. The van der Waals surface area contributed by atoms with Crippen molar-refractivity contribution >= 4 is 11.9 Å². The van der Waals surface area contributed by atoms with Crippen molar-refractivity contribution < 1.29 is 23.8 Å². The second-order valence-corrected chi connectivity index (χ2v) is 5.49. The molecule has 3 rings (SSSR count). The van der Waals surface area contributed by atoms with Crippen LogP contribution in [0.15, 0.2) is 24.3 Å². The van der Waals surface area contributed by atoms with Crippen molar-refractivity contribution in [1.29, 1.82) is 0 Å². The van der Waals surface area contributed by atoms with Crippen LogP contribution < -0.4 is 0 Å². The van der Waals surface area contributed by atoms with Crippen molar-refractivity contribution in [2.24, 2.45) is 5.92 Å². The molecule has 1 saturated heterocycles. The van der Waals surface area contributed by atoms with Crippen LogP contribution in [0.4, 0.5) is 4.39 Å². The highest BCUT2D eigenvalue weighted by Crippen LogP contribution is 2.48. The van der Waals surface area contributed by atoms with Gasteiger partial charge in [-0.05, 0) is 30.0 Å². The first-order valence-electron chi connectivity index (χ1n) is 6.95. The molecule has 3 atom stereocenters. The molecule has 1 heterocycles. The third-order valence-electron chi connectivity index (χ3n) is 4.04. The maximum atomic E-state index is 13.2. The third kappa shape index (κ3) is 2.90. The minimum atomic E-state index is -1.05. The van der Waals surface area contributed by atoms with E-state index in [-0.39, 0.29) is 36.7 Å². The fourth-order valence-electron chi connectivity index (χ4n) is 2.81. The van der Waals surface area contributed by atoms with Gasteiger partial charge in [0.1, 0.15) is 5.82 Å². The smallest absolute Gasteiger partial charge is 0.334 e. The molecule has 1 aromatic carbocycles. The van der Waals surface area contributed by atoms with Gasteiger partial charge in [-0.15, -0.1) is 0 Å². The molecule has 1 aromatic rings. The van der Waals surface area contributed by atoms with Gasteiger partial charge in [-0.25, -0.2) is 9.18 Å². The Morgan fingerprint density at radius 2 is 2.19 bits per heavy atom. The average molecular weight is 293 g/mol. The molecule has 2 fully saturated rings. The second-order valence-electron chi connectivity index (χ2n) is 5.49. The second kappa shape index (κ2) is 5.44. The van der Waals surface area contributed by atoms with Gasteiger partial charge in [0.2, 0.25) is 5.91 Å². The van der Waals surface area contributed by atoms with Gasteiger partial charge in [0.05, 0.1) is 13.2 Å². The van der Waals surface area contributed by atoms with Gasteiger partial charge >= 0.3 is 5.97 Å². The molecule has 1 saturated carbocycles. The van der Waals surface area contributed by atoms with E-state index in [2.05, 4.69) is 0 Å². The Morgan fingerprint density at radius 1 is 1.38 bits per heavy atom. The first-order chi connectivity index (χ1) is 10.1. The summed E-state index contributed by atoms with van der Waals surface area (Å²) in [6.45, 7) is 0.732. The molecule has 21 heavy (non-hydrogen) atoms. The van der Waals surface area contributed by atoms with E-state index >= 15 is 0 Å². The number of morpholine rings is 1. The van der Waals surface area contributed by atoms with E-state index in [1.165, 1.54) is 12.1 Å². The molecule has 112 valence electrons. The average Bonchev–Trinajstić information content (AvgIpc) is 3.27. The van der Waals surface area contributed by atoms with E-state index in [0.717, 1.165) is 5.56 Å². The van der Waals surface area contributed by atoms with Crippen LogP contribution in [0, 0.1) is 11.7 Å². The van der Waals surface area contributed by atoms with E-state index in [1.807, 2.05) is 6.07 Å². The Balaban J connectivity index is 1.63. The third-order valence-corrected chi connectivity index (χ3v) is 4.04. The molecule has 5 nitrogen and oxygen atoms in total. The van der Waals surface area contributed by atoms with Crippen molar-refractivity contribution in [1.82, 2.24) is 4.90 Å². The molecular weight excluding hydrogens is 277 g/mol. The summed E-state index contributed by atoms with van der Waals surface area (Å²) in [5, 5.41) is 8.95. The minimum absolute atomic E-state index is 0.0410. The number of ether oxygens (including phenoxy) is 1. The van der Waals surface area contributed by atoms with Crippen LogP contribution in [0.2, 0.25) is 0 Å². The standard InChI is InChI=1S/C15H16FNO4/c16-10-3-1-2-9(6-10)11-7-12(11)14(18)17-4-5-21-13(8-17)15(19)20/h1-3,6,11-13H,4-5,7-8H2,(H,19,20)/t11-,12+,13-/m0/s1. The minimum Gasteiger partial charge on any atom is -0.479 e. The summed E-state index contributed by atoms with van der Waals surface area (Å²) in [5.74, 6) is -1.54. The van der Waals surface area contributed by atoms with Crippen molar-refractivity contribution in [2.45, 2.75) is 18.4 Å². The van der Waals surface area contributed by atoms with Crippen LogP contribution in [0.1, 0.15) is 17.9 Å². The SMILES string of the molecule is O=C(O)[C@@H]1CN(C(=O)[C@@H]2C[C@H]2c2cccc(F)c2)CCO1. The Labute approximate surface area is 121 Å². The predicted molar refractivity (Wildman–Crippen MR) is 71.2 cm³/mol. The van der Waals surface area contributed by atoms with Crippen molar-refractivity contribution in [3.8, 4) is 0 Å². The summed E-state index contributed by atoms with van der Waals surface area (Å²) in [6, 6.07) is 6.29. The maximum absolute atomic E-state index is 13.2. The lowest BCUT2D eigenvalue weighted by Gasteiger charge is -2.31. The van der Waals surface area contributed by atoms with Crippen LogP contribution in [-0.2, 0) is 14.3 Å². The molecule has 2 aliphatic rings. The fraction of sp³-hybridized carbons (Fsp3) is 0.467. The summed E-state index contributed by atoms with van der Waals surface area (Å²) in [6.07, 6.45) is -0.258. The number of benzene rings is 1. The number of carboxylic acid groups (broad SMARTS) is 1. The molecule has 1 aliphatic heterocycles. The zero-order valence-corrected chi connectivity index (χ0v) is 11.4. The van der Waals surface area contributed by atoms with Crippen LogP contribution in [-0.4, -0.2) is 47.7 Å². The fourth-order valence-corrected chi connectivity index (χ4v) is 2.81. The Bertz CT molecular complexity index is 577. The molecule has 0 unspecified atom stereocenters. The first kappa shape index (κ1) is 14.0. The molecule has 0 spiro atoms. The van der Waals surface area contributed by atoms with Crippen LogP contribution in [0.5, 0.6) is 0 Å². The van der Waals surface area contributed by atoms with Crippen molar-refractivity contribution in [2.75, 3.05) is 19.7 Å². The lowest BCUT2D eigenvalue weighted by Crippen LogP contribution is -2.49.